The lowest BCUT2D eigenvalue weighted by atomic mass is 10.0. The maximum Gasteiger partial charge on any atom is 0.323 e. The Balaban J connectivity index is 1.51. The van der Waals surface area contributed by atoms with Crippen molar-refractivity contribution in [3.05, 3.63) is 12.3 Å². The van der Waals surface area contributed by atoms with Gasteiger partial charge >= 0.3 is 6.03 Å². The van der Waals surface area contributed by atoms with Gasteiger partial charge in [-0.2, -0.15) is 5.10 Å². The molecule has 2 fully saturated rings. The molecule has 0 saturated carbocycles. The zero-order valence-corrected chi connectivity index (χ0v) is 15.3. The second-order valence-electron chi connectivity index (χ2n) is 7.08. The number of anilines is 1. The summed E-state index contributed by atoms with van der Waals surface area (Å²) >= 11 is 0. The largest absolute Gasteiger partial charge is 0.383 e. The van der Waals surface area contributed by atoms with Crippen molar-refractivity contribution in [3.63, 3.8) is 0 Å². The Kier molecular flexibility index (Phi) is 6.69. The Morgan fingerprint density at radius 2 is 2.04 bits per heavy atom. The van der Waals surface area contributed by atoms with E-state index in [1.54, 1.807) is 11.8 Å². The number of carbonyl (C=O) groups excluding carboxylic acids is 1. The Labute approximate surface area is 150 Å². The lowest BCUT2D eigenvalue weighted by Crippen LogP contribution is -2.51. The molecule has 3 rings (SSSR count). The SMILES string of the molecule is COCCn1ccc(NC(=O)N2CCC[C@@H](N3CCCCCC3)C2)n1. The first-order valence-electron chi connectivity index (χ1n) is 9.58. The maximum absolute atomic E-state index is 12.6. The molecule has 7 heteroatoms. The first-order chi connectivity index (χ1) is 12.3. The van der Waals surface area contributed by atoms with E-state index >= 15 is 0 Å². The molecule has 2 aliphatic rings. The van der Waals surface area contributed by atoms with Gasteiger partial charge < -0.3 is 9.64 Å². The van der Waals surface area contributed by atoms with Crippen LogP contribution in [0.25, 0.3) is 0 Å². The average molecular weight is 349 g/mol. The highest BCUT2D eigenvalue weighted by molar-refractivity contribution is 5.88. The molecule has 1 aromatic heterocycles. The van der Waals surface area contributed by atoms with Crippen LogP contribution in [0.1, 0.15) is 38.5 Å². The first-order valence-corrected chi connectivity index (χ1v) is 9.58. The Morgan fingerprint density at radius 1 is 1.24 bits per heavy atom. The van der Waals surface area contributed by atoms with Gasteiger partial charge in [0.2, 0.25) is 0 Å². The number of amides is 2. The van der Waals surface area contributed by atoms with Crippen molar-refractivity contribution >= 4 is 11.8 Å². The van der Waals surface area contributed by atoms with Crippen molar-refractivity contribution in [1.82, 2.24) is 19.6 Å². The number of piperidine rings is 1. The van der Waals surface area contributed by atoms with E-state index in [1.165, 1.54) is 45.2 Å². The molecule has 0 bridgehead atoms. The Hall–Kier alpha value is -1.60. The van der Waals surface area contributed by atoms with Crippen LogP contribution in [0.4, 0.5) is 10.6 Å². The van der Waals surface area contributed by atoms with E-state index in [2.05, 4.69) is 15.3 Å². The van der Waals surface area contributed by atoms with Gasteiger partial charge in [0.05, 0.1) is 13.2 Å². The number of nitrogens with one attached hydrogen (secondary N) is 1. The van der Waals surface area contributed by atoms with Gasteiger partial charge in [0.25, 0.3) is 0 Å². The molecule has 1 atom stereocenters. The van der Waals surface area contributed by atoms with Crippen LogP contribution in [-0.4, -0.2) is 71.5 Å². The highest BCUT2D eigenvalue weighted by atomic mass is 16.5. The van der Waals surface area contributed by atoms with Crippen LogP contribution in [0.15, 0.2) is 12.3 Å². The van der Waals surface area contributed by atoms with Gasteiger partial charge in [-0.25, -0.2) is 4.79 Å². The molecule has 0 unspecified atom stereocenters. The van der Waals surface area contributed by atoms with E-state index in [1.807, 2.05) is 17.2 Å². The fraction of sp³-hybridized carbons (Fsp3) is 0.778. The molecule has 1 N–H and O–H groups in total. The maximum atomic E-state index is 12.6. The minimum Gasteiger partial charge on any atom is -0.383 e. The normalized spacial score (nSPS) is 22.6. The number of urea groups is 1. The summed E-state index contributed by atoms with van der Waals surface area (Å²) in [6.45, 7) is 5.33. The van der Waals surface area contributed by atoms with Crippen LogP contribution in [-0.2, 0) is 11.3 Å². The quantitative estimate of drug-likeness (QED) is 0.887. The zero-order chi connectivity index (χ0) is 17.5. The average Bonchev–Trinajstić information content (AvgIpc) is 2.90. The van der Waals surface area contributed by atoms with Gasteiger partial charge in [0, 0.05) is 38.5 Å². The van der Waals surface area contributed by atoms with E-state index in [0.29, 0.717) is 25.0 Å². The molecule has 0 aromatic carbocycles. The molecule has 25 heavy (non-hydrogen) atoms. The topological polar surface area (TPSA) is 62.6 Å². The van der Waals surface area contributed by atoms with Crippen molar-refractivity contribution in [2.75, 3.05) is 45.2 Å². The van der Waals surface area contributed by atoms with E-state index < -0.39 is 0 Å². The summed E-state index contributed by atoms with van der Waals surface area (Å²) < 4.78 is 6.84. The summed E-state index contributed by atoms with van der Waals surface area (Å²) in [6, 6.07) is 2.32. The summed E-state index contributed by atoms with van der Waals surface area (Å²) in [5.74, 6) is 0.609. The van der Waals surface area contributed by atoms with Crippen molar-refractivity contribution < 1.29 is 9.53 Å². The number of likely N-dealkylation sites (tertiary alicyclic amines) is 2. The predicted octanol–water partition coefficient (Wildman–Crippen LogP) is 2.40. The van der Waals surface area contributed by atoms with Crippen LogP contribution in [0.5, 0.6) is 0 Å². The van der Waals surface area contributed by atoms with Crippen LogP contribution >= 0.6 is 0 Å². The van der Waals surface area contributed by atoms with Gasteiger partial charge in [-0.1, -0.05) is 12.8 Å². The van der Waals surface area contributed by atoms with Crippen molar-refractivity contribution in [3.8, 4) is 0 Å². The van der Waals surface area contributed by atoms with Gasteiger partial charge in [0.1, 0.15) is 0 Å². The third kappa shape index (κ3) is 5.19. The van der Waals surface area contributed by atoms with Gasteiger partial charge in [-0.3, -0.25) is 14.9 Å². The number of nitrogens with zero attached hydrogens (tertiary/aromatic N) is 4. The lowest BCUT2D eigenvalue weighted by molar-refractivity contribution is 0.116. The summed E-state index contributed by atoms with van der Waals surface area (Å²) in [6.07, 6.45) is 9.43. The van der Waals surface area contributed by atoms with E-state index in [0.717, 1.165) is 19.5 Å². The highest BCUT2D eigenvalue weighted by Gasteiger charge is 2.28. The summed E-state index contributed by atoms with van der Waals surface area (Å²) in [4.78, 5) is 17.2. The zero-order valence-electron chi connectivity index (χ0n) is 15.3. The molecule has 0 spiro atoms. The molecule has 2 aliphatic heterocycles. The molecule has 2 saturated heterocycles. The monoisotopic (exact) mass is 349 g/mol. The van der Waals surface area contributed by atoms with Crippen LogP contribution in [0.2, 0.25) is 0 Å². The van der Waals surface area contributed by atoms with E-state index in [4.69, 9.17) is 4.74 Å². The summed E-state index contributed by atoms with van der Waals surface area (Å²) in [5.41, 5.74) is 0. The number of hydrogen-bond acceptors (Lipinski definition) is 4. The third-order valence-corrected chi connectivity index (χ3v) is 5.24. The fourth-order valence-corrected chi connectivity index (χ4v) is 3.82. The second-order valence-corrected chi connectivity index (χ2v) is 7.08. The van der Waals surface area contributed by atoms with E-state index in [-0.39, 0.29) is 6.03 Å². The van der Waals surface area contributed by atoms with Crippen LogP contribution < -0.4 is 5.32 Å². The third-order valence-electron chi connectivity index (χ3n) is 5.24. The summed E-state index contributed by atoms with van der Waals surface area (Å²) in [5, 5.41) is 7.31. The van der Waals surface area contributed by atoms with Gasteiger partial charge in [0.15, 0.2) is 5.82 Å². The molecule has 0 radical (unpaired) electrons. The molecule has 0 aliphatic carbocycles. The molecule has 1 aromatic rings. The number of carbonyl (C=O) groups is 1. The van der Waals surface area contributed by atoms with Crippen molar-refractivity contribution in [1.29, 1.82) is 0 Å². The van der Waals surface area contributed by atoms with E-state index in [9.17, 15) is 4.79 Å². The van der Waals surface area contributed by atoms with Crippen LogP contribution in [0.3, 0.4) is 0 Å². The minimum atomic E-state index is -0.0310. The predicted molar refractivity (Wildman–Crippen MR) is 97.8 cm³/mol. The smallest absolute Gasteiger partial charge is 0.323 e. The molecule has 140 valence electrons. The van der Waals surface area contributed by atoms with Gasteiger partial charge in [-0.15, -0.1) is 0 Å². The lowest BCUT2D eigenvalue weighted by Gasteiger charge is -2.38. The molecular weight excluding hydrogens is 318 g/mol. The Morgan fingerprint density at radius 3 is 2.80 bits per heavy atom. The first kappa shape index (κ1) is 18.2. The molecule has 7 nitrogen and oxygen atoms in total. The number of ether oxygens (including phenoxy) is 1. The number of hydrogen-bond donors (Lipinski definition) is 1. The molecule has 3 heterocycles. The number of aromatic nitrogens is 2. The Bertz CT molecular complexity index is 539. The minimum absolute atomic E-state index is 0.0310. The fourth-order valence-electron chi connectivity index (χ4n) is 3.82. The number of rotatable bonds is 5. The van der Waals surface area contributed by atoms with Crippen LogP contribution in [0, 0.1) is 0 Å². The molecular formula is C18H31N5O2. The van der Waals surface area contributed by atoms with Crippen molar-refractivity contribution in [2.45, 2.75) is 51.1 Å². The number of methoxy groups -OCH3 is 1. The van der Waals surface area contributed by atoms with Crippen molar-refractivity contribution in [2.24, 2.45) is 0 Å². The highest BCUT2D eigenvalue weighted by Crippen LogP contribution is 2.20. The standard InChI is InChI=1S/C18H31N5O2/c1-25-14-13-23-12-8-17(20-23)19-18(24)22-11-6-7-16(15-22)21-9-4-2-3-5-10-21/h8,12,16H,2-7,9-11,13-15H2,1H3,(H,19,20,24)/t16-/m1/s1. The molecule has 2 amide bonds. The second kappa shape index (κ2) is 9.20. The van der Waals surface area contributed by atoms with Gasteiger partial charge in [-0.05, 0) is 38.8 Å². The summed E-state index contributed by atoms with van der Waals surface area (Å²) in [7, 11) is 1.67.